The summed E-state index contributed by atoms with van der Waals surface area (Å²) in [4.78, 5) is 11.0. The highest BCUT2D eigenvalue weighted by atomic mass is 16.1. The van der Waals surface area contributed by atoms with Crippen LogP contribution in [0.5, 0.6) is 0 Å². The second-order valence-corrected chi connectivity index (χ2v) is 3.03. The van der Waals surface area contributed by atoms with Crippen LogP contribution in [-0.4, -0.2) is 18.4 Å². The zero-order valence-corrected chi connectivity index (χ0v) is 5.98. The molecule has 1 aliphatic rings. The van der Waals surface area contributed by atoms with Gasteiger partial charge in [-0.2, -0.15) is 0 Å². The van der Waals surface area contributed by atoms with Gasteiger partial charge in [0.05, 0.1) is 6.04 Å². The summed E-state index contributed by atoms with van der Waals surface area (Å²) in [7, 11) is 0. The van der Waals surface area contributed by atoms with Crippen LogP contribution in [0, 0.1) is 5.92 Å². The molecule has 0 radical (unpaired) electrons. The van der Waals surface area contributed by atoms with Crippen LogP contribution >= 0.6 is 0 Å². The Hall–Kier alpha value is -0.370. The number of hydrogen-bond donors (Lipinski definition) is 1. The van der Waals surface area contributed by atoms with Crippen molar-refractivity contribution in [1.82, 2.24) is 5.32 Å². The van der Waals surface area contributed by atoms with Crippen LogP contribution in [-0.2, 0) is 4.79 Å². The first-order valence-electron chi connectivity index (χ1n) is 3.46. The van der Waals surface area contributed by atoms with Crippen molar-refractivity contribution < 1.29 is 4.79 Å². The summed E-state index contributed by atoms with van der Waals surface area (Å²) in [6.45, 7) is 5.05. The zero-order chi connectivity index (χ0) is 6.85. The number of rotatable bonds is 3. The fraction of sp³-hybridized carbons (Fsp3) is 0.857. The number of hydrogen-bond acceptors (Lipinski definition) is 2. The fourth-order valence-corrected chi connectivity index (χ4v) is 0.831. The number of Topliss-reactive ketones (excluding diaryl/α,β-unsaturated/α-hetero) is 1. The van der Waals surface area contributed by atoms with Gasteiger partial charge < -0.3 is 5.32 Å². The first-order chi connectivity index (χ1) is 4.20. The van der Waals surface area contributed by atoms with E-state index in [1.54, 1.807) is 0 Å². The maximum atomic E-state index is 11.0. The SMILES string of the molecule is CC(C)CC(=O)C1CN1. The van der Waals surface area contributed by atoms with E-state index >= 15 is 0 Å². The molecule has 1 fully saturated rings. The summed E-state index contributed by atoms with van der Waals surface area (Å²) >= 11 is 0. The first kappa shape index (κ1) is 6.75. The molecule has 2 heteroatoms. The molecule has 0 spiro atoms. The molecule has 0 aromatic rings. The fourth-order valence-electron chi connectivity index (χ4n) is 0.831. The van der Waals surface area contributed by atoms with E-state index in [9.17, 15) is 4.79 Å². The molecule has 1 atom stereocenters. The normalized spacial score (nSPS) is 24.6. The molecule has 1 rings (SSSR count). The van der Waals surface area contributed by atoms with Crippen molar-refractivity contribution in [3.63, 3.8) is 0 Å². The third kappa shape index (κ3) is 2.14. The zero-order valence-electron chi connectivity index (χ0n) is 5.98. The van der Waals surface area contributed by atoms with Gasteiger partial charge in [0.1, 0.15) is 0 Å². The molecule has 0 bridgehead atoms. The van der Waals surface area contributed by atoms with E-state index in [-0.39, 0.29) is 6.04 Å². The van der Waals surface area contributed by atoms with Gasteiger partial charge in [-0.15, -0.1) is 0 Å². The Morgan fingerprint density at radius 3 is 2.67 bits per heavy atom. The van der Waals surface area contributed by atoms with Gasteiger partial charge in [-0.3, -0.25) is 4.79 Å². The Labute approximate surface area is 55.6 Å². The first-order valence-corrected chi connectivity index (χ1v) is 3.46. The van der Waals surface area contributed by atoms with Crippen molar-refractivity contribution in [2.45, 2.75) is 26.3 Å². The Morgan fingerprint density at radius 2 is 2.33 bits per heavy atom. The molecule has 9 heavy (non-hydrogen) atoms. The molecule has 2 nitrogen and oxygen atoms in total. The van der Waals surface area contributed by atoms with Gasteiger partial charge in [0, 0.05) is 13.0 Å². The van der Waals surface area contributed by atoms with E-state index in [1.807, 2.05) is 0 Å². The van der Waals surface area contributed by atoms with Gasteiger partial charge in [-0.05, 0) is 5.92 Å². The molecule has 1 N–H and O–H groups in total. The molecule has 0 aromatic carbocycles. The van der Waals surface area contributed by atoms with E-state index in [0.29, 0.717) is 11.7 Å². The summed E-state index contributed by atoms with van der Waals surface area (Å²) in [5.41, 5.74) is 0. The van der Waals surface area contributed by atoms with Crippen LogP contribution < -0.4 is 5.32 Å². The smallest absolute Gasteiger partial charge is 0.151 e. The Kier molecular flexibility index (Phi) is 1.86. The van der Waals surface area contributed by atoms with Gasteiger partial charge in [-0.25, -0.2) is 0 Å². The van der Waals surface area contributed by atoms with Gasteiger partial charge >= 0.3 is 0 Å². The number of nitrogens with one attached hydrogen (secondary N) is 1. The van der Waals surface area contributed by atoms with Crippen molar-refractivity contribution in [3.8, 4) is 0 Å². The standard InChI is InChI=1S/C7H13NO/c1-5(2)3-7(9)6-4-8-6/h5-6,8H,3-4H2,1-2H3. The predicted molar refractivity (Wildman–Crippen MR) is 36.3 cm³/mol. The molecule has 52 valence electrons. The van der Waals surface area contributed by atoms with Gasteiger partial charge in [0.25, 0.3) is 0 Å². The van der Waals surface area contributed by atoms with Gasteiger partial charge in [0.2, 0.25) is 0 Å². The van der Waals surface area contributed by atoms with Crippen molar-refractivity contribution in [2.24, 2.45) is 5.92 Å². The number of ketones is 1. The lowest BCUT2D eigenvalue weighted by atomic mass is 10.1. The van der Waals surface area contributed by atoms with Crippen molar-refractivity contribution in [1.29, 1.82) is 0 Å². The lowest BCUT2D eigenvalue weighted by Crippen LogP contribution is -2.11. The topological polar surface area (TPSA) is 39.0 Å². The lowest BCUT2D eigenvalue weighted by Gasteiger charge is -1.99. The number of carbonyl (C=O) groups is 1. The largest absolute Gasteiger partial charge is 0.304 e. The molecule has 1 unspecified atom stereocenters. The van der Waals surface area contributed by atoms with Crippen LogP contribution in [0.3, 0.4) is 0 Å². The summed E-state index contributed by atoms with van der Waals surface area (Å²) in [5, 5.41) is 2.99. The second kappa shape index (κ2) is 2.48. The monoisotopic (exact) mass is 127 g/mol. The highest BCUT2D eigenvalue weighted by molar-refractivity contribution is 5.86. The van der Waals surface area contributed by atoms with E-state index < -0.39 is 0 Å². The summed E-state index contributed by atoms with van der Waals surface area (Å²) in [6, 6.07) is 0.215. The Morgan fingerprint density at radius 1 is 1.78 bits per heavy atom. The van der Waals surface area contributed by atoms with E-state index in [2.05, 4.69) is 19.2 Å². The third-order valence-electron chi connectivity index (χ3n) is 1.41. The van der Waals surface area contributed by atoms with Crippen LogP contribution in [0.1, 0.15) is 20.3 Å². The molecule has 0 amide bonds. The molecule has 1 aliphatic heterocycles. The summed E-state index contributed by atoms with van der Waals surface area (Å²) in [6.07, 6.45) is 0.734. The van der Waals surface area contributed by atoms with Crippen LogP contribution in [0.2, 0.25) is 0 Å². The highest BCUT2D eigenvalue weighted by Gasteiger charge is 2.28. The Balaban J connectivity index is 2.18. The quantitative estimate of drug-likeness (QED) is 0.563. The molecular formula is C7H13NO. The van der Waals surface area contributed by atoms with Crippen LogP contribution in [0.25, 0.3) is 0 Å². The van der Waals surface area contributed by atoms with Crippen molar-refractivity contribution in [2.75, 3.05) is 6.54 Å². The molecule has 0 aliphatic carbocycles. The molecule has 1 heterocycles. The molecule has 0 saturated carbocycles. The van der Waals surface area contributed by atoms with E-state index in [1.165, 1.54) is 0 Å². The summed E-state index contributed by atoms with van der Waals surface area (Å²) in [5.74, 6) is 0.893. The Bertz CT molecular complexity index is 116. The van der Waals surface area contributed by atoms with Gasteiger partial charge in [0.15, 0.2) is 5.78 Å². The minimum atomic E-state index is 0.215. The maximum absolute atomic E-state index is 11.0. The highest BCUT2D eigenvalue weighted by Crippen LogP contribution is 2.07. The lowest BCUT2D eigenvalue weighted by molar-refractivity contribution is -0.119. The molecular weight excluding hydrogens is 114 g/mol. The molecule has 0 aromatic heterocycles. The van der Waals surface area contributed by atoms with Crippen molar-refractivity contribution in [3.05, 3.63) is 0 Å². The average molecular weight is 127 g/mol. The maximum Gasteiger partial charge on any atom is 0.151 e. The average Bonchev–Trinajstić information content (AvgIpc) is 2.40. The molecule has 1 saturated heterocycles. The van der Waals surface area contributed by atoms with Crippen LogP contribution in [0.15, 0.2) is 0 Å². The third-order valence-corrected chi connectivity index (χ3v) is 1.41. The summed E-state index contributed by atoms with van der Waals surface area (Å²) < 4.78 is 0. The number of carbonyl (C=O) groups excluding carboxylic acids is 1. The van der Waals surface area contributed by atoms with E-state index in [4.69, 9.17) is 0 Å². The van der Waals surface area contributed by atoms with E-state index in [0.717, 1.165) is 13.0 Å². The predicted octanol–water partition coefficient (Wildman–Crippen LogP) is 0.573. The van der Waals surface area contributed by atoms with Gasteiger partial charge in [-0.1, -0.05) is 13.8 Å². The van der Waals surface area contributed by atoms with Crippen LogP contribution in [0.4, 0.5) is 0 Å². The second-order valence-electron chi connectivity index (χ2n) is 3.03. The minimum absolute atomic E-state index is 0.215. The van der Waals surface area contributed by atoms with Crippen molar-refractivity contribution >= 4 is 5.78 Å². The minimum Gasteiger partial charge on any atom is -0.304 e.